The van der Waals surface area contributed by atoms with E-state index < -0.39 is 0 Å². The topological polar surface area (TPSA) is 57.2 Å². The second kappa shape index (κ2) is 3.31. The summed E-state index contributed by atoms with van der Waals surface area (Å²) in [6.07, 6.45) is 0. The number of nitrogens with two attached hydrogens (primary N) is 1. The molecule has 4 nitrogen and oxygen atoms in total. The van der Waals surface area contributed by atoms with Crippen molar-refractivity contribution in [3.8, 4) is 5.75 Å². The van der Waals surface area contributed by atoms with Crippen LogP contribution in [0.3, 0.4) is 0 Å². The molecule has 0 unspecified atom stereocenters. The third kappa shape index (κ3) is 1.44. The summed E-state index contributed by atoms with van der Waals surface area (Å²) in [5.41, 5.74) is 0.529. The van der Waals surface area contributed by atoms with Gasteiger partial charge in [-0.1, -0.05) is 6.07 Å². The van der Waals surface area contributed by atoms with Crippen molar-refractivity contribution in [2.75, 3.05) is 13.0 Å². The van der Waals surface area contributed by atoms with Crippen molar-refractivity contribution >= 4 is 10.8 Å². The Balaban J connectivity index is 2.88. The molecule has 0 saturated heterocycles. The molecule has 4 heteroatoms. The average molecular weight is 204 g/mol. The monoisotopic (exact) mass is 204 g/mol. The molecule has 0 spiro atoms. The van der Waals surface area contributed by atoms with E-state index in [-0.39, 0.29) is 5.56 Å². The smallest absolute Gasteiger partial charge is 0.276 e. The van der Waals surface area contributed by atoms with Crippen LogP contribution >= 0.6 is 0 Å². The number of ether oxygens (including phenoxy) is 1. The van der Waals surface area contributed by atoms with Crippen molar-refractivity contribution in [1.82, 2.24) is 4.68 Å². The molecule has 1 heterocycles. The molecule has 0 aliphatic rings. The molecule has 2 aromatic rings. The Bertz CT molecular complexity index is 573. The maximum absolute atomic E-state index is 11.8. The van der Waals surface area contributed by atoms with Gasteiger partial charge in [0.15, 0.2) is 0 Å². The van der Waals surface area contributed by atoms with Crippen LogP contribution in [-0.2, 0) is 0 Å². The van der Waals surface area contributed by atoms with Crippen LogP contribution in [0.2, 0.25) is 0 Å². The van der Waals surface area contributed by atoms with Gasteiger partial charge in [0.1, 0.15) is 5.75 Å². The van der Waals surface area contributed by atoms with Crippen LogP contribution in [0.4, 0.5) is 0 Å². The lowest BCUT2D eigenvalue weighted by molar-refractivity contribution is 0.415. The van der Waals surface area contributed by atoms with Crippen molar-refractivity contribution in [2.24, 2.45) is 0 Å². The van der Waals surface area contributed by atoms with Crippen LogP contribution in [0.1, 0.15) is 5.69 Å². The molecule has 0 saturated carbocycles. The molecule has 0 radical (unpaired) electrons. The van der Waals surface area contributed by atoms with E-state index in [9.17, 15) is 4.79 Å². The highest BCUT2D eigenvalue weighted by Gasteiger charge is 2.04. The number of benzene rings is 1. The summed E-state index contributed by atoms with van der Waals surface area (Å²) in [7, 11) is 1.57. The number of aromatic nitrogens is 1. The molecule has 0 aliphatic heterocycles. The van der Waals surface area contributed by atoms with Crippen molar-refractivity contribution in [2.45, 2.75) is 6.92 Å². The molecule has 1 aromatic heterocycles. The molecule has 2 rings (SSSR count). The minimum Gasteiger partial charge on any atom is -0.497 e. The van der Waals surface area contributed by atoms with Crippen LogP contribution in [-0.4, -0.2) is 11.8 Å². The molecular weight excluding hydrogens is 192 g/mol. The van der Waals surface area contributed by atoms with Gasteiger partial charge in [0, 0.05) is 5.69 Å². The normalized spacial score (nSPS) is 10.5. The van der Waals surface area contributed by atoms with Gasteiger partial charge in [0.2, 0.25) is 0 Å². The number of hydrogen-bond acceptors (Lipinski definition) is 3. The first-order valence-corrected chi connectivity index (χ1v) is 4.59. The van der Waals surface area contributed by atoms with Gasteiger partial charge in [-0.15, -0.1) is 0 Å². The highest BCUT2D eigenvalue weighted by Crippen LogP contribution is 2.18. The predicted molar refractivity (Wildman–Crippen MR) is 59.6 cm³/mol. The van der Waals surface area contributed by atoms with E-state index in [2.05, 4.69) is 0 Å². The van der Waals surface area contributed by atoms with Gasteiger partial charge in [-0.05, 0) is 30.5 Å². The van der Waals surface area contributed by atoms with Gasteiger partial charge in [-0.3, -0.25) is 4.79 Å². The van der Waals surface area contributed by atoms with Gasteiger partial charge in [0.25, 0.3) is 5.56 Å². The molecule has 0 fully saturated rings. The number of pyridine rings is 1. The third-order valence-corrected chi connectivity index (χ3v) is 2.45. The minimum absolute atomic E-state index is 0.205. The zero-order chi connectivity index (χ0) is 11.0. The van der Waals surface area contributed by atoms with Crippen LogP contribution in [0.5, 0.6) is 5.75 Å². The number of nitrogens with zero attached hydrogens (tertiary/aromatic N) is 1. The fourth-order valence-electron chi connectivity index (χ4n) is 1.56. The van der Waals surface area contributed by atoms with E-state index >= 15 is 0 Å². The molecular formula is C11H12N2O2. The Kier molecular flexibility index (Phi) is 2.11. The fraction of sp³-hybridized carbons (Fsp3) is 0.182. The molecule has 0 atom stereocenters. The molecule has 15 heavy (non-hydrogen) atoms. The van der Waals surface area contributed by atoms with Crippen LogP contribution in [0.15, 0.2) is 29.1 Å². The van der Waals surface area contributed by atoms with Gasteiger partial charge in [-0.25, -0.2) is 4.68 Å². The maximum atomic E-state index is 11.8. The molecule has 1 aromatic carbocycles. The predicted octanol–water partition coefficient (Wildman–Crippen LogP) is 1.03. The largest absolute Gasteiger partial charge is 0.497 e. The number of hydrogen-bond donors (Lipinski definition) is 1. The van der Waals surface area contributed by atoms with Crippen molar-refractivity contribution in [3.05, 3.63) is 40.3 Å². The second-order valence-electron chi connectivity index (χ2n) is 3.41. The summed E-state index contributed by atoms with van der Waals surface area (Å²) >= 11 is 0. The second-order valence-corrected chi connectivity index (χ2v) is 3.41. The van der Waals surface area contributed by atoms with E-state index in [1.165, 1.54) is 0 Å². The molecule has 0 aliphatic carbocycles. The zero-order valence-corrected chi connectivity index (χ0v) is 8.65. The standard InChI is InChI=1S/C11H12N2O2/c1-7-5-8-3-4-9(15-2)6-10(8)11(14)13(7)12/h3-6H,12H2,1-2H3. The lowest BCUT2D eigenvalue weighted by atomic mass is 10.1. The molecule has 2 N–H and O–H groups in total. The zero-order valence-electron chi connectivity index (χ0n) is 8.65. The number of nitrogen functional groups attached to an aromatic ring is 1. The van der Waals surface area contributed by atoms with Crippen molar-refractivity contribution in [3.63, 3.8) is 0 Å². The Labute approximate surface area is 86.9 Å². The first-order valence-electron chi connectivity index (χ1n) is 4.59. The summed E-state index contributed by atoms with van der Waals surface area (Å²) in [5.74, 6) is 6.26. The summed E-state index contributed by atoms with van der Waals surface area (Å²) in [6.45, 7) is 1.80. The quantitative estimate of drug-likeness (QED) is 0.706. The van der Waals surface area contributed by atoms with E-state index in [0.29, 0.717) is 11.1 Å². The lowest BCUT2D eigenvalue weighted by Gasteiger charge is -2.06. The van der Waals surface area contributed by atoms with Crippen molar-refractivity contribution < 1.29 is 4.74 Å². The first-order chi connectivity index (χ1) is 7.13. The molecule has 0 amide bonds. The Hall–Kier alpha value is -1.97. The van der Waals surface area contributed by atoms with E-state index in [0.717, 1.165) is 15.8 Å². The van der Waals surface area contributed by atoms with Gasteiger partial charge in [-0.2, -0.15) is 0 Å². The van der Waals surface area contributed by atoms with E-state index in [4.69, 9.17) is 10.6 Å². The summed E-state index contributed by atoms with van der Waals surface area (Å²) in [5, 5.41) is 1.45. The Morgan fingerprint density at radius 3 is 2.73 bits per heavy atom. The first kappa shape index (κ1) is 9.58. The van der Waals surface area contributed by atoms with Gasteiger partial charge < -0.3 is 10.6 Å². The fourth-order valence-corrected chi connectivity index (χ4v) is 1.56. The van der Waals surface area contributed by atoms with Gasteiger partial charge in [0.05, 0.1) is 12.5 Å². The van der Waals surface area contributed by atoms with Gasteiger partial charge >= 0.3 is 0 Å². The van der Waals surface area contributed by atoms with E-state index in [1.54, 1.807) is 20.1 Å². The van der Waals surface area contributed by atoms with E-state index in [1.807, 2.05) is 18.2 Å². The SMILES string of the molecule is COc1ccc2cc(C)n(N)c(=O)c2c1. The molecule has 0 bridgehead atoms. The van der Waals surface area contributed by atoms with Crippen LogP contribution in [0, 0.1) is 6.92 Å². The van der Waals surface area contributed by atoms with Crippen LogP contribution in [0.25, 0.3) is 10.8 Å². The lowest BCUT2D eigenvalue weighted by Crippen LogP contribution is -2.28. The number of rotatable bonds is 1. The summed E-state index contributed by atoms with van der Waals surface area (Å²) in [4.78, 5) is 11.8. The van der Waals surface area contributed by atoms with Crippen molar-refractivity contribution in [1.29, 1.82) is 0 Å². The highest BCUT2D eigenvalue weighted by molar-refractivity contribution is 5.83. The number of fused-ring (bicyclic) bond motifs is 1. The maximum Gasteiger partial charge on any atom is 0.276 e. The highest BCUT2D eigenvalue weighted by atomic mass is 16.5. The number of aryl methyl sites for hydroxylation is 1. The third-order valence-electron chi connectivity index (χ3n) is 2.45. The van der Waals surface area contributed by atoms with Crippen LogP contribution < -0.4 is 16.1 Å². The molecule has 78 valence electrons. The Morgan fingerprint density at radius 2 is 2.07 bits per heavy atom. The average Bonchev–Trinajstić information content (AvgIpc) is 2.26. The number of methoxy groups -OCH3 is 1. The minimum atomic E-state index is -0.205. The Morgan fingerprint density at radius 1 is 1.33 bits per heavy atom. The summed E-state index contributed by atoms with van der Waals surface area (Å²) in [6, 6.07) is 7.24. The summed E-state index contributed by atoms with van der Waals surface area (Å²) < 4.78 is 6.20.